The molecule has 0 saturated carbocycles. The Balaban J connectivity index is 1.57. The highest BCUT2D eigenvalue weighted by molar-refractivity contribution is 5.55. The minimum Gasteiger partial charge on any atom is -0.352 e. The van der Waals surface area contributed by atoms with Crippen LogP contribution in [-0.4, -0.2) is 50.5 Å². The van der Waals surface area contributed by atoms with E-state index >= 15 is 0 Å². The van der Waals surface area contributed by atoms with Crippen LogP contribution in [0.15, 0.2) is 36.8 Å². The first kappa shape index (κ1) is 14.4. The molecule has 3 aromatic rings. The molecule has 8 heteroatoms. The van der Waals surface area contributed by atoms with Crippen LogP contribution >= 0.6 is 0 Å². The first-order valence-electron chi connectivity index (χ1n) is 7.80. The van der Waals surface area contributed by atoms with Crippen molar-refractivity contribution in [1.82, 2.24) is 24.8 Å². The number of nitriles is 1. The lowest BCUT2D eigenvalue weighted by molar-refractivity contribution is 0.539. The summed E-state index contributed by atoms with van der Waals surface area (Å²) < 4.78 is 1.68. The van der Waals surface area contributed by atoms with Gasteiger partial charge in [-0.1, -0.05) is 0 Å². The highest BCUT2D eigenvalue weighted by Gasteiger charge is 2.27. The van der Waals surface area contributed by atoms with Gasteiger partial charge in [0.15, 0.2) is 5.65 Å². The number of fused-ring (bicyclic) bond motifs is 1. The molecule has 24 heavy (non-hydrogen) atoms. The fourth-order valence-electron chi connectivity index (χ4n) is 3.10. The van der Waals surface area contributed by atoms with Gasteiger partial charge in [-0.05, 0) is 31.2 Å². The Labute approximate surface area is 139 Å². The number of pyridine rings is 1. The zero-order valence-corrected chi connectivity index (χ0v) is 13.2. The summed E-state index contributed by atoms with van der Waals surface area (Å²) in [5.41, 5.74) is 1.35. The van der Waals surface area contributed by atoms with E-state index in [-0.39, 0.29) is 6.04 Å². The molecule has 0 aliphatic carbocycles. The van der Waals surface area contributed by atoms with Crippen LogP contribution in [0.2, 0.25) is 0 Å². The van der Waals surface area contributed by atoms with E-state index in [0.717, 1.165) is 36.9 Å². The number of rotatable bonds is 2. The predicted octanol–water partition coefficient (Wildman–Crippen LogP) is 1.11. The second kappa shape index (κ2) is 5.77. The van der Waals surface area contributed by atoms with E-state index in [1.165, 1.54) is 0 Å². The lowest BCUT2D eigenvalue weighted by atomic mass is 10.1. The number of nitrogens with zero attached hydrogens (tertiary/aromatic N) is 8. The highest BCUT2D eigenvalue weighted by atomic mass is 15.4. The molecule has 0 amide bonds. The zero-order valence-electron chi connectivity index (χ0n) is 13.2. The van der Waals surface area contributed by atoms with Gasteiger partial charge in [0.2, 0.25) is 0 Å². The fourth-order valence-corrected chi connectivity index (χ4v) is 3.10. The summed E-state index contributed by atoms with van der Waals surface area (Å²) in [6, 6.07) is 9.95. The molecule has 1 unspecified atom stereocenters. The Morgan fingerprint density at radius 1 is 1.25 bits per heavy atom. The molecule has 0 spiro atoms. The molecule has 1 saturated heterocycles. The van der Waals surface area contributed by atoms with Crippen LogP contribution in [0.25, 0.3) is 5.65 Å². The summed E-state index contributed by atoms with van der Waals surface area (Å²) >= 11 is 0. The maximum absolute atomic E-state index is 9.27. The molecule has 1 aliphatic rings. The Morgan fingerprint density at radius 3 is 3.00 bits per heavy atom. The number of anilines is 2. The van der Waals surface area contributed by atoms with Gasteiger partial charge in [0.1, 0.15) is 24.0 Å². The summed E-state index contributed by atoms with van der Waals surface area (Å²) in [7, 11) is 0. The van der Waals surface area contributed by atoms with E-state index in [1.807, 2.05) is 12.1 Å². The minimum absolute atomic E-state index is 0.244. The van der Waals surface area contributed by atoms with E-state index in [4.69, 9.17) is 0 Å². The molecule has 0 N–H and O–H groups in total. The zero-order chi connectivity index (χ0) is 16.5. The first-order chi connectivity index (χ1) is 11.8. The fraction of sp³-hybridized carbons (Fsp3) is 0.312. The normalized spacial score (nSPS) is 17.9. The van der Waals surface area contributed by atoms with E-state index < -0.39 is 0 Å². The summed E-state index contributed by atoms with van der Waals surface area (Å²) in [5, 5.41) is 21.7. The Kier molecular flexibility index (Phi) is 3.46. The number of hydrogen-bond acceptors (Lipinski definition) is 7. The van der Waals surface area contributed by atoms with E-state index in [2.05, 4.69) is 43.1 Å². The van der Waals surface area contributed by atoms with Crippen molar-refractivity contribution >= 4 is 17.3 Å². The molecule has 8 nitrogen and oxygen atoms in total. The van der Waals surface area contributed by atoms with Crippen molar-refractivity contribution < 1.29 is 0 Å². The van der Waals surface area contributed by atoms with Gasteiger partial charge in [-0.3, -0.25) is 0 Å². The summed E-state index contributed by atoms with van der Waals surface area (Å²) in [4.78, 5) is 8.81. The first-order valence-corrected chi connectivity index (χ1v) is 7.80. The number of aromatic nitrogens is 5. The molecule has 1 atom stereocenters. The van der Waals surface area contributed by atoms with Crippen LogP contribution in [-0.2, 0) is 0 Å². The molecule has 1 aliphatic heterocycles. The molecule has 3 aromatic heterocycles. The van der Waals surface area contributed by atoms with Crippen molar-refractivity contribution in [2.75, 3.05) is 29.4 Å². The maximum atomic E-state index is 9.27. The Morgan fingerprint density at radius 2 is 2.17 bits per heavy atom. The van der Waals surface area contributed by atoms with Gasteiger partial charge in [-0.2, -0.15) is 9.78 Å². The molecule has 4 rings (SSSR count). The second-order valence-electron chi connectivity index (χ2n) is 5.80. The molecule has 0 aromatic carbocycles. The maximum Gasteiger partial charge on any atom is 0.177 e. The van der Waals surface area contributed by atoms with E-state index in [9.17, 15) is 5.26 Å². The topological polar surface area (TPSA) is 86.2 Å². The lowest BCUT2D eigenvalue weighted by Gasteiger charge is -2.41. The monoisotopic (exact) mass is 320 g/mol. The minimum atomic E-state index is 0.244. The third-order valence-electron chi connectivity index (χ3n) is 4.28. The van der Waals surface area contributed by atoms with Crippen molar-refractivity contribution in [3.63, 3.8) is 0 Å². The van der Waals surface area contributed by atoms with Gasteiger partial charge in [0, 0.05) is 31.9 Å². The molecule has 1 fully saturated rings. The average molecular weight is 320 g/mol. The molecule has 0 bridgehead atoms. The number of piperazine rings is 1. The van der Waals surface area contributed by atoms with Gasteiger partial charge < -0.3 is 9.80 Å². The van der Waals surface area contributed by atoms with Gasteiger partial charge in [0.05, 0.1) is 5.56 Å². The van der Waals surface area contributed by atoms with Crippen molar-refractivity contribution in [1.29, 1.82) is 5.26 Å². The van der Waals surface area contributed by atoms with Gasteiger partial charge in [-0.25, -0.2) is 4.98 Å². The van der Waals surface area contributed by atoms with Crippen LogP contribution in [0.1, 0.15) is 12.5 Å². The third-order valence-corrected chi connectivity index (χ3v) is 4.28. The van der Waals surface area contributed by atoms with E-state index in [0.29, 0.717) is 5.56 Å². The van der Waals surface area contributed by atoms with Crippen molar-refractivity contribution in [3.05, 3.63) is 42.4 Å². The van der Waals surface area contributed by atoms with Gasteiger partial charge in [0.25, 0.3) is 0 Å². The quantitative estimate of drug-likeness (QED) is 0.699. The predicted molar refractivity (Wildman–Crippen MR) is 88.8 cm³/mol. The number of hydrogen-bond donors (Lipinski definition) is 0. The van der Waals surface area contributed by atoms with Crippen LogP contribution in [0.3, 0.4) is 0 Å². The highest BCUT2D eigenvalue weighted by Crippen LogP contribution is 2.23. The molecule has 0 radical (unpaired) electrons. The van der Waals surface area contributed by atoms with Crippen LogP contribution in [0.4, 0.5) is 11.6 Å². The third kappa shape index (κ3) is 2.40. The van der Waals surface area contributed by atoms with Crippen molar-refractivity contribution in [3.8, 4) is 6.07 Å². The van der Waals surface area contributed by atoms with Crippen LogP contribution in [0.5, 0.6) is 0 Å². The smallest absolute Gasteiger partial charge is 0.177 e. The van der Waals surface area contributed by atoms with E-state index in [1.54, 1.807) is 29.2 Å². The molecular formula is C16H16N8. The molecule has 120 valence electrons. The second-order valence-corrected chi connectivity index (χ2v) is 5.80. The molecular weight excluding hydrogens is 304 g/mol. The SMILES string of the molecule is CC1CN(c2ncccc2C#N)CCN1c1ccc2nncn2n1. The van der Waals surface area contributed by atoms with Crippen molar-refractivity contribution in [2.45, 2.75) is 13.0 Å². The summed E-state index contributed by atoms with van der Waals surface area (Å²) in [6.45, 7) is 4.54. The Hall–Kier alpha value is -3.21. The van der Waals surface area contributed by atoms with Gasteiger partial charge in [-0.15, -0.1) is 15.3 Å². The van der Waals surface area contributed by atoms with Crippen molar-refractivity contribution in [2.24, 2.45) is 0 Å². The van der Waals surface area contributed by atoms with Crippen LogP contribution < -0.4 is 9.80 Å². The molecule has 4 heterocycles. The Bertz CT molecular complexity index is 912. The summed E-state index contributed by atoms with van der Waals surface area (Å²) in [6.07, 6.45) is 3.33. The largest absolute Gasteiger partial charge is 0.352 e. The lowest BCUT2D eigenvalue weighted by Crippen LogP contribution is -2.53. The van der Waals surface area contributed by atoms with Gasteiger partial charge >= 0.3 is 0 Å². The summed E-state index contributed by atoms with van der Waals surface area (Å²) in [5.74, 6) is 1.66. The average Bonchev–Trinajstić information content (AvgIpc) is 3.09. The standard InChI is InChI=1S/C16H16N8/c1-12-10-22(16-13(9-17)3-2-6-18-16)7-8-23(12)15-5-4-14-20-19-11-24(14)21-15/h2-6,11-12H,7-8,10H2,1H3. The van der Waals surface area contributed by atoms with Crippen LogP contribution in [0, 0.1) is 11.3 Å².